The molecule has 1 aliphatic heterocycles. The fourth-order valence-corrected chi connectivity index (χ4v) is 2.43. The Morgan fingerprint density at radius 3 is 2.81 bits per heavy atom. The van der Waals surface area contributed by atoms with Crippen LogP contribution in [0.4, 0.5) is 0 Å². The monoisotopic (exact) mass is 239 g/mol. The minimum absolute atomic E-state index is 0.569. The van der Waals surface area contributed by atoms with Crippen LogP contribution in [0.15, 0.2) is 24.3 Å². The molecule has 1 N–H and O–H groups in total. The van der Waals surface area contributed by atoms with Gasteiger partial charge in [0.15, 0.2) is 0 Å². The summed E-state index contributed by atoms with van der Waals surface area (Å²) in [5.74, 6) is 0.569. The minimum Gasteiger partial charge on any atom is -0.381 e. The Kier molecular flexibility index (Phi) is 4.22. The molecular formula is C13H18ClNO. The predicted octanol–water partition coefficient (Wildman–Crippen LogP) is 2.51. The van der Waals surface area contributed by atoms with Crippen LogP contribution in [-0.4, -0.2) is 26.3 Å². The molecule has 2 atom stereocenters. The molecule has 1 aromatic carbocycles. The second-order valence-electron chi connectivity index (χ2n) is 4.35. The van der Waals surface area contributed by atoms with Gasteiger partial charge in [0.05, 0.1) is 6.61 Å². The van der Waals surface area contributed by atoms with Crippen molar-refractivity contribution in [3.63, 3.8) is 0 Å². The number of halogens is 1. The SMILES string of the molecule is CN[C@@H]1CCOC[C@H]1Cc1ccc(Cl)cc1. The maximum Gasteiger partial charge on any atom is 0.0512 e. The van der Waals surface area contributed by atoms with Gasteiger partial charge in [-0.1, -0.05) is 23.7 Å². The van der Waals surface area contributed by atoms with Crippen molar-refractivity contribution >= 4 is 11.6 Å². The highest BCUT2D eigenvalue weighted by molar-refractivity contribution is 6.30. The minimum atomic E-state index is 0.569. The molecule has 88 valence electrons. The molecule has 2 nitrogen and oxygen atoms in total. The zero-order valence-corrected chi connectivity index (χ0v) is 10.3. The summed E-state index contributed by atoms with van der Waals surface area (Å²) >= 11 is 5.87. The summed E-state index contributed by atoms with van der Waals surface area (Å²) in [5, 5.41) is 4.18. The number of rotatable bonds is 3. The molecule has 0 saturated carbocycles. The van der Waals surface area contributed by atoms with Gasteiger partial charge in [0.2, 0.25) is 0 Å². The van der Waals surface area contributed by atoms with E-state index in [0.717, 1.165) is 31.1 Å². The van der Waals surface area contributed by atoms with Crippen molar-refractivity contribution < 1.29 is 4.74 Å². The van der Waals surface area contributed by atoms with Crippen LogP contribution in [0.5, 0.6) is 0 Å². The summed E-state index contributed by atoms with van der Waals surface area (Å²) in [7, 11) is 2.03. The Hall–Kier alpha value is -0.570. The topological polar surface area (TPSA) is 21.3 Å². The van der Waals surface area contributed by atoms with Crippen molar-refractivity contribution in [3.8, 4) is 0 Å². The first kappa shape index (κ1) is 11.9. The van der Waals surface area contributed by atoms with E-state index in [9.17, 15) is 0 Å². The van der Waals surface area contributed by atoms with E-state index in [1.807, 2.05) is 19.2 Å². The van der Waals surface area contributed by atoms with E-state index < -0.39 is 0 Å². The third-order valence-electron chi connectivity index (χ3n) is 3.26. The molecule has 1 fully saturated rings. The summed E-state index contributed by atoms with van der Waals surface area (Å²) in [6.07, 6.45) is 2.16. The number of hydrogen-bond acceptors (Lipinski definition) is 2. The first-order valence-corrected chi connectivity index (χ1v) is 6.17. The summed E-state index contributed by atoms with van der Waals surface area (Å²) in [6.45, 7) is 1.73. The van der Waals surface area contributed by atoms with Crippen molar-refractivity contribution in [1.82, 2.24) is 5.32 Å². The normalized spacial score (nSPS) is 25.6. The maximum absolute atomic E-state index is 5.87. The van der Waals surface area contributed by atoms with Gasteiger partial charge in [-0.25, -0.2) is 0 Å². The second-order valence-corrected chi connectivity index (χ2v) is 4.79. The van der Waals surface area contributed by atoms with E-state index in [4.69, 9.17) is 16.3 Å². The summed E-state index contributed by atoms with van der Waals surface area (Å²) in [4.78, 5) is 0. The Bertz CT molecular complexity index is 325. The van der Waals surface area contributed by atoms with E-state index in [0.29, 0.717) is 12.0 Å². The highest BCUT2D eigenvalue weighted by Gasteiger charge is 2.24. The van der Waals surface area contributed by atoms with Crippen LogP contribution in [-0.2, 0) is 11.2 Å². The van der Waals surface area contributed by atoms with Crippen molar-refractivity contribution in [3.05, 3.63) is 34.9 Å². The van der Waals surface area contributed by atoms with Crippen molar-refractivity contribution in [2.45, 2.75) is 18.9 Å². The molecule has 0 radical (unpaired) electrons. The van der Waals surface area contributed by atoms with Gasteiger partial charge in [-0.3, -0.25) is 0 Å². The molecule has 0 amide bonds. The molecule has 3 heteroatoms. The second kappa shape index (κ2) is 5.67. The van der Waals surface area contributed by atoms with Crippen LogP contribution in [0.2, 0.25) is 5.02 Å². The van der Waals surface area contributed by atoms with E-state index in [-0.39, 0.29) is 0 Å². The average molecular weight is 240 g/mol. The van der Waals surface area contributed by atoms with Gasteiger partial charge in [-0.05, 0) is 37.6 Å². The van der Waals surface area contributed by atoms with Gasteiger partial charge < -0.3 is 10.1 Å². The van der Waals surface area contributed by atoms with Crippen LogP contribution in [0, 0.1) is 5.92 Å². The van der Waals surface area contributed by atoms with E-state index in [1.54, 1.807) is 0 Å². The smallest absolute Gasteiger partial charge is 0.0512 e. The highest BCUT2D eigenvalue weighted by atomic mass is 35.5. The third-order valence-corrected chi connectivity index (χ3v) is 3.51. The van der Waals surface area contributed by atoms with Crippen LogP contribution in [0.3, 0.4) is 0 Å². The van der Waals surface area contributed by atoms with Crippen LogP contribution >= 0.6 is 11.6 Å². The van der Waals surface area contributed by atoms with E-state index >= 15 is 0 Å². The van der Waals surface area contributed by atoms with Crippen molar-refractivity contribution in [2.75, 3.05) is 20.3 Å². The first-order valence-electron chi connectivity index (χ1n) is 5.79. The molecule has 2 rings (SSSR count). The lowest BCUT2D eigenvalue weighted by atomic mass is 9.89. The average Bonchev–Trinajstić information content (AvgIpc) is 2.33. The zero-order valence-electron chi connectivity index (χ0n) is 9.58. The van der Waals surface area contributed by atoms with Crippen LogP contribution in [0.1, 0.15) is 12.0 Å². The standard InChI is InChI=1S/C13H18ClNO/c1-15-13-6-7-16-9-11(13)8-10-2-4-12(14)5-3-10/h2-5,11,13,15H,6-9H2,1H3/t11-,13-/m1/s1. The molecule has 0 spiro atoms. The van der Waals surface area contributed by atoms with Crippen molar-refractivity contribution in [1.29, 1.82) is 0 Å². The van der Waals surface area contributed by atoms with Crippen LogP contribution < -0.4 is 5.32 Å². The van der Waals surface area contributed by atoms with Gasteiger partial charge in [0, 0.05) is 23.6 Å². The van der Waals surface area contributed by atoms with Gasteiger partial charge >= 0.3 is 0 Å². The molecule has 0 aromatic heterocycles. The largest absolute Gasteiger partial charge is 0.381 e. The summed E-state index contributed by atoms with van der Waals surface area (Å²) in [6, 6.07) is 8.68. The Balaban J connectivity index is 1.99. The van der Waals surface area contributed by atoms with E-state index in [1.165, 1.54) is 5.56 Å². The molecule has 1 aliphatic rings. The Labute approximate surface area is 102 Å². The molecule has 0 bridgehead atoms. The molecular weight excluding hydrogens is 222 g/mol. The zero-order chi connectivity index (χ0) is 11.4. The van der Waals surface area contributed by atoms with Gasteiger partial charge in [0.1, 0.15) is 0 Å². The fourth-order valence-electron chi connectivity index (χ4n) is 2.30. The first-order chi connectivity index (χ1) is 7.79. The number of nitrogens with one attached hydrogen (secondary N) is 1. The summed E-state index contributed by atoms with van der Waals surface area (Å²) in [5.41, 5.74) is 1.33. The predicted molar refractivity (Wildman–Crippen MR) is 66.9 cm³/mol. The number of benzene rings is 1. The third kappa shape index (κ3) is 2.97. The van der Waals surface area contributed by atoms with Crippen molar-refractivity contribution in [2.24, 2.45) is 5.92 Å². The Morgan fingerprint density at radius 2 is 2.12 bits per heavy atom. The van der Waals surface area contributed by atoms with Gasteiger partial charge in [-0.15, -0.1) is 0 Å². The summed E-state index contributed by atoms with van der Waals surface area (Å²) < 4.78 is 5.54. The lowest BCUT2D eigenvalue weighted by Crippen LogP contribution is -2.41. The Morgan fingerprint density at radius 1 is 1.38 bits per heavy atom. The molecule has 16 heavy (non-hydrogen) atoms. The molecule has 1 saturated heterocycles. The lowest BCUT2D eigenvalue weighted by molar-refractivity contribution is 0.0342. The molecule has 0 aliphatic carbocycles. The van der Waals surface area contributed by atoms with Crippen LogP contribution in [0.25, 0.3) is 0 Å². The lowest BCUT2D eigenvalue weighted by Gasteiger charge is -2.31. The van der Waals surface area contributed by atoms with Gasteiger partial charge in [-0.2, -0.15) is 0 Å². The fraction of sp³-hybridized carbons (Fsp3) is 0.538. The van der Waals surface area contributed by atoms with E-state index in [2.05, 4.69) is 17.4 Å². The molecule has 1 heterocycles. The number of hydrogen-bond donors (Lipinski definition) is 1. The quantitative estimate of drug-likeness (QED) is 0.875. The molecule has 1 aromatic rings. The maximum atomic E-state index is 5.87. The number of ether oxygens (including phenoxy) is 1. The highest BCUT2D eigenvalue weighted by Crippen LogP contribution is 2.20. The van der Waals surface area contributed by atoms with Gasteiger partial charge in [0.25, 0.3) is 0 Å². The molecule has 0 unspecified atom stereocenters.